The van der Waals surface area contributed by atoms with Crippen LogP contribution in [0.5, 0.6) is 5.75 Å². The van der Waals surface area contributed by atoms with E-state index in [1.807, 2.05) is 6.07 Å². The third-order valence-corrected chi connectivity index (χ3v) is 3.25. The lowest BCUT2D eigenvalue weighted by molar-refractivity contribution is 0.0255. The molecule has 1 aromatic rings. The normalized spacial score (nSPS) is 16.8. The molecule has 1 aromatic carbocycles. The van der Waals surface area contributed by atoms with E-state index in [0.717, 1.165) is 44.9 Å². The molecule has 0 aliphatic carbocycles. The highest BCUT2D eigenvalue weighted by Gasteiger charge is 2.15. The minimum atomic E-state index is 0.313. The van der Waals surface area contributed by atoms with Crippen molar-refractivity contribution in [1.82, 2.24) is 5.32 Å². The van der Waals surface area contributed by atoms with Crippen LogP contribution in [0.3, 0.4) is 0 Å². The van der Waals surface area contributed by atoms with Crippen LogP contribution in [0, 0.1) is 5.92 Å². The second-order valence-electron chi connectivity index (χ2n) is 5.60. The highest BCUT2D eigenvalue weighted by atomic mass is 16.5. The van der Waals surface area contributed by atoms with Crippen LogP contribution in [0.2, 0.25) is 0 Å². The summed E-state index contributed by atoms with van der Waals surface area (Å²) in [5, 5.41) is 3.46. The molecule has 0 aromatic heterocycles. The Morgan fingerprint density at radius 1 is 1.32 bits per heavy atom. The van der Waals surface area contributed by atoms with Gasteiger partial charge in [-0.15, -0.1) is 0 Å². The molecule has 106 valence electrons. The van der Waals surface area contributed by atoms with Gasteiger partial charge < -0.3 is 14.8 Å². The molecule has 0 saturated carbocycles. The molecule has 0 bridgehead atoms. The molecule has 0 radical (unpaired) electrons. The molecule has 0 unspecified atom stereocenters. The van der Waals surface area contributed by atoms with Gasteiger partial charge in [-0.05, 0) is 30.2 Å². The Hall–Kier alpha value is -1.06. The molecule has 1 heterocycles. The molecule has 0 spiro atoms. The van der Waals surface area contributed by atoms with Crippen LogP contribution in [0.25, 0.3) is 0 Å². The minimum absolute atomic E-state index is 0.313. The summed E-state index contributed by atoms with van der Waals surface area (Å²) in [4.78, 5) is 0. The number of rotatable bonds is 6. The Bertz CT molecular complexity index is 373. The van der Waals surface area contributed by atoms with Gasteiger partial charge in [-0.3, -0.25) is 0 Å². The van der Waals surface area contributed by atoms with Crippen LogP contribution < -0.4 is 10.1 Å². The Morgan fingerprint density at radius 3 is 2.84 bits per heavy atom. The standard InChI is InChI=1S/C16H25NO2/c1-13(2)11-17-12-14-4-3-5-16(10-14)19-15-6-8-18-9-7-15/h3-5,10,13,15,17H,6-9,11-12H2,1-2H3. The molecule has 1 fully saturated rings. The first kappa shape index (κ1) is 14.4. The maximum absolute atomic E-state index is 6.02. The molecular weight excluding hydrogens is 238 g/mol. The van der Waals surface area contributed by atoms with Gasteiger partial charge in [0.05, 0.1) is 13.2 Å². The SMILES string of the molecule is CC(C)CNCc1cccc(OC2CCOCC2)c1. The third-order valence-electron chi connectivity index (χ3n) is 3.25. The monoisotopic (exact) mass is 263 g/mol. The van der Waals surface area contributed by atoms with Crippen molar-refractivity contribution >= 4 is 0 Å². The molecule has 3 heteroatoms. The van der Waals surface area contributed by atoms with Crippen molar-refractivity contribution in [3.05, 3.63) is 29.8 Å². The average Bonchev–Trinajstić information content (AvgIpc) is 2.40. The molecule has 1 saturated heterocycles. The highest BCUT2D eigenvalue weighted by molar-refractivity contribution is 5.28. The Labute approximate surface area is 116 Å². The van der Waals surface area contributed by atoms with Crippen LogP contribution in [-0.2, 0) is 11.3 Å². The fourth-order valence-corrected chi connectivity index (χ4v) is 2.22. The van der Waals surface area contributed by atoms with E-state index >= 15 is 0 Å². The van der Waals surface area contributed by atoms with Gasteiger partial charge in [-0.25, -0.2) is 0 Å². The fourth-order valence-electron chi connectivity index (χ4n) is 2.22. The second kappa shape index (κ2) is 7.51. The number of hydrogen-bond donors (Lipinski definition) is 1. The summed E-state index contributed by atoms with van der Waals surface area (Å²) in [5.74, 6) is 1.66. The summed E-state index contributed by atoms with van der Waals surface area (Å²) >= 11 is 0. The van der Waals surface area contributed by atoms with Crippen LogP contribution in [0.4, 0.5) is 0 Å². The largest absolute Gasteiger partial charge is 0.490 e. The minimum Gasteiger partial charge on any atom is -0.490 e. The van der Waals surface area contributed by atoms with E-state index in [1.54, 1.807) is 0 Å². The smallest absolute Gasteiger partial charge is 0.120 e. The molecule has 1 aliphatic rings. The lowest BCUT2D eigenvalue weighted by Crippen LogP contribution is -2.26. The molecule has 19 heavy (non-hydrogen) atoms. The molecule has 1 N–H and O–H groups in total. The summed E-state index contributed by atoms with van der Waals surface area (Å²) in [6.07, 6.45) is 2.30. The van der Waals surface area contributed by atoms with Crippen molar-refractivity contribution in [2.24, 2.45) is 5.92 Å². The second-order valence-corrected chi connectivity index (χ2v) is 5.60. The van der Waals surface area contributed by atoms with Crippen molar-refractivity contribution in [2.75, 3.05) is 19.8 Å². The van der Waals surface area contributed by atoms with Gasteiger partial charge in [0.15, 0.2) is 0 Å². The lowest BCUT2D eigenvalue weighted by atomic mass is 10.1. The first-order valence-corrected chi connectivity index (χ1v) is 7.28. The zero-order valence-electron chi connectivity index (χ0n) is 12.0. The first-order valence-electron chi connectivity index (χ1n) is 7.28. The Kier molecular flexibility index (Phi) is 5.67. The molecule has 2 rings (SSSR count). The van der Waals surface area contributed by atoms with E-state index in [2.05, 4.69) is 37.4 Å². The van der Waals surface area contributed by atoms with Crippen molar-refractivity contribution in [2.45, 2.75) is 39.3 Å². The maximum Gasteiger partial charge on any atom is 0.120 e. The molecule has 1 aliphatic heterocycles. The molecular formula is C16H25NO2. The highest BCUT2D eigenvalue weighted by Crippen LogP contribution is 2.19. The zero-order valence-corrected chi connectivity index (χ0v) is 12.0. The fraction of sp³-hybridized carbons (Fsp3) is 0.625. The maximum atomic E-state index is 6.02. The van der Waals surface area contributed by atoms with Gasteiger partial charge in [-0.2, -0.15) is 0 Å². The summed E-state index contributed by atoms with van der Waals surface area (Å²) in [5.41, 5.74) is 1.28. The first-order chi connectivity index (χ1) is 9.24. The van der Waals surface area contributed by atoms with Crippen LogP contribution in [-0.4, -0.2) is 25.9 Å². The van der Waals surface area contributed by atoms with Gasteiger partial charge in [0.25, 0.3) is 0 Å². The van der Waals surface area contributed by atoms with E-state index in [0.29, 0.717) is 12.0 Å². The van der Waals surface area contributed by atoms with E-state index in [4.69, 9.17) is 9.47 Å². The number of nitrogens with one attached hydrogen (secondary N) is 1. The van der Waals surface area contributed by atoms with Crippen molar-refractivity contribution in [3.8, 4) is 5.75 Å². The van der Waals surface area contributed by atoms with E-state index < -0.39 is 0 Å². The van der Waals surface area contributed by atoms with E-state index in [1.165, 1.54) is 5.56 Å². The summed E-state index contributed by atoms with van der Waals surface area (Å²) in [6, 6.07) is 8.40. The van der Waals surface area contributed by atoms with Gasteiger partial charge in [0.2, 0.25) is 0 Å². The van der Waals surface area contributed by atoms with Crippen molar-refractivity contribution < 1.29 is 9.47 Å². The molecule has 0 amide bonds. The quantitative estimate of drug-likeness (QED) is 0.856. The number of benzene rings is 1. The molecule has 3 nitrogen and oxygen atoms in total. The summed E-state index contributed by atoms with van der Waals surface area (Å²) in [7, 11) is 0. The number of ether oxygens (including phenoxy) is 2. The Balaban J connectivity index is 1.83. The molecule has 0 atom stereocenters. The number of hydrogen-bond acceptors (Lipinski definition) is 3. The van der Waals surface area contributed by atoms with E-state index in [9.17, 15) is 0 Å². The third kappa shape index (κ3) is 5.21. The summed E-state index contributed by atoms with van der Waals surface area (Å²) in [6.45, 7) is 8.03. The van der Waals surface area contributed by atoms with Crippen LogP contribution in [0.1, 0.15) is 32.3 Å². The van der Waals surface area contributed by atoms with Crippen LogP contribution >= 0.6 is 0 Å². The van der Waals surface area contributed by atoms with Gasteiger partial charge in [0, 0.05) is 19.4 Å². The van der Waals surface area contributed by atoms with Gasteiger partial charge in [-0.1, -0.05) is 26.0 Å². The zero-order chi connectivity index (χ0) is 13.5. The predicted octanol–water partition coefficient (Wildman–Crippen LogP) is 2.99. The lowest BCUT2D eigenvalue weighted by Gasteiger charge is -2.23. The van der Waals surface area contributed by atoms with Gasteiger partial charge in [0.1, 0.15) is 11.9 Å². The predicted molar refractivity (Wildman–Crippen MR) is 77.5 cm³/mol. The Morgan fingerprint density at radius 2 is 2.11 bits per heavy atom. The topological polar surface area (TPSA) is 30.5 Å². The average molecular weight is 263 g/mol. The van der Waals surface area contributed by atoms with Crippen LogP contribution in [0.15, 0.2) is 24.3 Å². The summed E-state index contributed by atoms with van der Waals surface area (Å²) < 4.78 is 11.4. The van der Waals surface area contributed by atoms with E-state index in [-0.39, 0.29) is 0 Å². The van der Waals surface area contributed by atoms with Crippen molar-refractivity contribution in [3.63, 3.8) is 0 Å². The van der Waals surface area contributed by atoms with Gasteiger partial charge >= 0.3 is 0 Å². The van der Waals surface area contributed by atoms with Crippen molar-refractivity contribution in [1.29, 1.82) is 0 Å².